The van der Waals surface area contributed by atoms with E-state index in [1.807, 2.05) is 0 Å². The molecule has 0 bridgehead atoms. The van der Waals surface area contributed by atoms with E-state index < -0.39 is 17.7 Å². The number of nitrogens with one attached hydrogen (secondary N) is 1. The zero-order valence-electron chi connectivity index (χ0n) is 10.8. The van der Waals surface area contributed by atoms with Crippen LogP contribution in [-0.4, -0.2) is 18.6 Å². The van der Waals surface area contributed by atoms with E-state index >= 15 is 0 Å². The van der Waals surface area contributed by atoms with Crippen molar-refractivity contribution >= 4 is 5.91 Å². The highest BCUT2D eigenvalue weighted by Gasteiger charge is 2.12. The molecule has 0 radical (unpaired) electrons. The van der Waals surface area contributed by atoms with Gasteiger partial charge in [0.15, 0.2) is 0 Å². The van der Waals surface area contributed by atoms with Crippen LogP contribution in [0.5, 0.6) is 0 Å². The van der Waals surface area contributed by atoms with Crippen LogP contribution in [0.3, 0.4) is 0 Å². The number of hydrogen-bond acceptors (Lipinski definition) is 2. The third-order valence-electron chi connectivity index (χ3n) is 2.45. The lowest BCUT2D eigenvalue weighted by molar-refractivity contribution is -0.131. The predicted octanol–water partition coefficient (Wildman–Crippen LogP) is 2.56. The van der Waals surface area contributed by atoms with Crippen molar-refractivity contribution in [2.45, 2.75) is 26.0 Å². The van der Waals surface area contributed by atoms with E-state index in [2.05, 4.69) is 11.9 Å². The highest BCUT2D eigenvalue weighted by molar-refractivity contribution is 5.80. The van der Waals surface area contributed by atoms with Crippen LogP contribution in [0.25, 0.3) is 0 Å². The third-order valence-corrected chi connectivity index (χ3v) is 2.45. The molecule has 1 aromatic rings. The molecule has 0 heterocycles. The van der Waals surface area contributed by atoms with Gasteiger partial charge in [0.05, 0.1) is 6.61 Å². The maximum Gasteiger partial charge on any atom is 0.249 e. The monoisotopic (exact) mass is 269 g/mol. The van der Waals surface area contributed by atoms with E-state index in [0.29, 0.717) is 18.6 Å². The maximum atomic E-state index is 12.9. The molecule has 1 unspecified atom stereocenters. The lowest BCUT2D eigenvalue weighted by Crippen LogP contribution is -2.34. The minimum atomic E-state index is -0.667. The van der Waals surface area contributed by atoms with Crippen molar-refractivity contribution in [3.8, 4) is 0 Å². The zero-order chi connectivity index (χ0) is 14.3. The Morgan fingerprint density at radius 2 is 2.05 bits per heavy atom. The molecule has 0 saturated heterocycles. The molecule has 104 valence electrons. The number of ether oxygens (including phenoxy) is 1. The molecule has 1 rings (SSSR count). The van der Waals surface area contributed by atoms with Crippen molar-refractivity contribution in [2.75, 3.05) is 6.61 Å². The summed E-state index contributed by atoms with van der Waals surface area (Å²) in [7, 11) is 0. The summed E-state index contributed by atoms with van der Waals surface area (Å²) in [6.45, 7) is 5.63. The summed E-state index contributed by atoms with van der Waals surface area (Å²) in [6.07, 6.45) is 1.74. The van der Waals surface area contributed by atoms with Gasteiger partial charge >= 0.3 is 0 Å². The molecule has 1 aromatic carbocycles. The van der Waals surface area contributed by atoms with Crippen molar-refractivity contribution in [3.05, 3.63) is 48.1 Å². The Morgan fingerprint density at radius 1 is 1.42 bits per heavy atom. The molecule has 3 nitrogen and oxygen atoms in total. The van der Waals surface area contributed by atoms with Gasteiger partial charge in [-0.25, -0.2) is 8.78 Å². The van der Waals surface area contributed by atoms with Crippen LogP contribution in [0.4, 0.5) is 8.78 Å². The van der Waals surface area contributed by atoms with Crippen LogP contribution >= 0.6 is 0 Å². The Balaban J connectivity index is 2.42. The van der Waals surface area contributed by atoms with E-state index in [1.165, 1.54) is 12.1 Å². The predicted molar refractivity (Wildman–Crippen MR) is 68.4 cm³/mol. The second-order valence-corrected chi connectivity index (χ2v) is 4.09. The number of hydrogen-bond donors (Lipinski definition) is 1. The second kappa shape index (κ2) is 7.63. The standard InChI is InChI=1S/C14H17F2NO2/c1-3-4-5-19-10(2)14(18)17-9-11-6-12(15)8-13(16)7-11/h3,6-8,10H,1,4-5,9H2,2H3,(H,17,18). The largest absolute Gasteiger partial charge is 0.368 e. The fraction of sp³-hybridized carbons (Fsp3) is 0.357. The van der Waals surface area contributed by atoms with E-state index in [-0.39, 0.29) is 12.5 Å². The molecular weight excluding hydrogens is 252 g/mol. The molecule has 5 heteroatoms. The van der Waals surface area contributed by atoms with Crippen molar-refractivity contribution in [1.82, 2.24) is 5.32 Å². The molecule has 0 aliphatic rings. The van der Waals surface area contributed by atoms with E-state index in [4.69, 9.17) is 4.74 Å². The van der Waals surface area contributed by atoms with Gasteiger partial charge in [0.2, 0.25) is 5.91 Å². The lowest BCUT2D eigenvalue weighted by atomic mass is 10.2. The minimum absolute atomic E-state index is 0.0582. The Labute approximate surface area is 111 Å². The van der Waals surface area contributed by atoms with Crippen LogP contribution < -0.4 is 5.32 Å². The first-order valence-corrected chi connectivity index (χ1v) is 5.98. The Morgan fingerprint density at radius 3 is 2.63 bits per heavy atom. The van der Waals surface area contributed by atoms with Crippen LogP contribution in [0.2, 0.25) is 0 Å². The summed E-state index contributed by atoms with van der Waals surface area (Å²) < 4.78 is 31.1. The molecular formula is C14H17F2NO2. The maximum absolute atomic E-state index is 12.9. The number of halogens is 2. The number of rotatable bonds is 7. The topological polar surface area (TPSA) is 38.3 Å². The molecule has 0 fully saturated rings. The van der Waals surface area contributed by atoms with Crippen LogP contribution in [0.15, 0.2) is 30.9 Å². The highest BCUT2D eigenvalue weighted by atomic mass is 19.1. The van der Waals surface area contributed by atoms with Crippen molar-refractivity contribution in [1.29, 1.82) is 0 Å². The summed E-state index contributed by atoms with van der Waals surface area (Å²) in [4.78, 5) is 11.6. The number of carbonyl (C=O) groups is 1. The molecule has 1 atom stereocenters. The van der Waals surface area contributed by atoms with E-state index in [9.17, 15) is 13.6 Å². The van der Waals surface area contributed by atoms with E-state index in [1.54, 1.807) is 13.0 Å². The Bertz CT molecular complexity index is 429. The first-order valence-electron chi connectivity index (χ1n) is 5.98. The van der Waals surface area contributed by atoms with Crippen molar-refractivity contribution in [2.24, 2.45) is 0 Å². The van der Waals surface area contributed by atoms with Gasteiger partial charge in [0.1, 0.15) is 17.7 Å². The fourth-order valence-electron chi connectivity index (χ4n) is 1.45. The van der Waals surface area contributed by atoms with Gasteiger partial charge in [-0.2, -0.15) is 0 Å². The summed E-state index contributed by atoms with van der Waals surface area (Å²) in [5.41, 5.74) is 0.365. The molecule has 1 N–H and O–H groups in total. The second-order valence-electron chi connectivity index (χ2n) is 4.09. The molecule has 0 aromatic heterocycles. The normalized spacial score (nSPS) is 11.9. The number of benzene rings is 1. The zero-order valence-corrected chi connectivity index (χ0v) is 10.8. The van der Waals surface area contributed by atoms with Crippen LogP contribution in [0, 0.1) is 11.6 Å². The first-order chi connectivity index (χ1) is 9.02. The smallest absolute Gasteiger partial charge is 0.249 e. The van der Waals surface area contributed by atoms with Gasteiger partial charge < -0.3 is 10.1 Å². The quantitative estimate of drug-likeness (QED) is 0.610. The van der Waals surface area contributed by atoms with Crippen LogP contribution in [-0.2, 0) is 16.1 Å². The first kappa shape index (κ1) is 15.3. The molecule has 19 heavy (non-hydrogen) atoms. The minimum Gasteiger partial charge on any atom is -0.368 e. The average Bonchev–Trinajstić information content (AvgIpc) is 2.35. The van der Waals surface area contributed by atoms with Crippen molar-refractivity contribution in [3.63, 3.8) is 0 Å². The summed E-state index contributed by atoms with van der Waals surface area (Å²) >= 11 is 0. The van der Waals surface area contributed by atoms with Gasteiger partial charge in [-0.3, -0.25) is 4.79 Å². The van der Waals surface area contributed by atoms with Gasteiger partial charge in [0.25, 0.3) is 0 Å². The molecule has 0 saturated carbocycles. The number of amides is 1. The molecule has 0 spiro atoms. The fourth-order valence-corrected chi connectivity index (χ4v) is 1.45. The Hall–Kier alpha value is -1.75. The van der Waals surface area contributed by atoms with E-state index in [0.717, 1.165) is 6.07 Å². The van der Waals surface area contributed by atoms with Gasteiger partial charge in [-0.15, -0.1) is 6.58 Å². The molecule has 1 amide bonds. The summed E-state index contributed by atoms with van der Waals surface area (Å²) in [5, 5.41) is 2.56. The van der Waals surface area contributed by atoms with Crippen molar-refractivity contribution < 1.29 is 18.3 Å². The average molecular weight is 269 g/mol. The summed E-state index contributed by atoms with van der Waals surface area (Å²) in [5.74, 6) is -1.66. The van der Waals surface area contributed by atoms with Gasteiger partial charge in [-0.1, -0.05) is 6.08 Å². The highest BCUT2D eigenvalue weighted by Crippen LogP contribution is 2.07. The number of carbonyl (C=O) groups excluding carboxylic acids is 1. The van der Waals surface area contributed by atoms with Crippen LogP contribution in [0.1, 0.15) is 18.9 Å². The lowest BCUT2D eigenvalue weighted by Gasteiger charge is -2.13. The Kier molecular flexibility index (Phi) is 6.15. The third kappa shape index (κ3) is 5.61. The van der Waals surface area contributed by atoms with Gasteiger partial charge in [0, 0.05) is 12.6 Å². The molecule has 0 aliphatic carbocycles. The molecule has 0 aliphatic heterocycles. The van der Waals surface area contributed by atoms with Gasteiger partial charge in [-0.05, 0) is 31.0 Å². The SMILES string of the molecule is C=CCCOC(C)C(=O)NCc1cc(F)cc(F)c1. The summed E-state index contributed by atoms with van der Waals surface area (Å²) in [6, 6.07) is 3.13.